The van der Waals surface area contributed by atoms with Gasteiger partial charge in [0.05, 0.1) is 0 Å². The van der Waals surface area contributed by atoms with Crippen LogP contribution in [0.15, 0.2) is 72.8 Å². The fourth-order valence-electron chi connectivity index (χ4n) is 2.82. The van der Waals surface area contributed by atoms with E-state index in [9.17, 15) is 18.4 Å². The number of halogens is 2. The molecule has 8 heteroatoms. The van der Waals surface area contributed by atoms with Crippen molar-refractivity contribution in [2.75, 3.05) is 13.2 Å². The highest BCUT2D eigenvalue weighted by atomic mass is 19.1. The summed E-state index contributed by atoms with van der Waals surface area (Å²) in [5, 5.41) is 9.11. The molecule has 0 saturated heterocycles. The predicted molar refractivity (Wildman–Crippen MR) is 108 cm³/mol. The first-order valence-corrected chi connectivity index (χ1v) is 9.30. The molecule has 0 unspecified atom stereocenters. The van der Waals surface area contributed by atoms with E-state index in [0.717, 1.165) is 17.0 Å². The molecule has 160 valence electrons. The van der Waals surface area contributed by atoms with Crippen molar-refractivity contribution in [3.63, 3.8) is 0 Å². The summed E-state index contributed by atoms with van der Waals surface area (Å²) < 4.78 is 38.2. The number of carboxylic acid groups (broad SMARTS) is 1. The van der Waals surface area contributed by atoms with Crippen LogP contribution in [0.2, 0.25) is 0 Å². The third-order valence-electron chi connectivity index (χ3n) is 4.15. The molecule has 3 aromatic carbocycles. The van der Waals surface area contributed by atoms with E-state index in [1.54, 1.807) is 48.5 Å². The molecule has 31 heavy (non-hydrogen) atoms. The molecule has 6 nitrogen and oxygen atoms in total. The summed E-state index contributed by atoms with van der Waals surface area (Å²) >= 11 is 0. The first kappa shape index (κ1) is 21.8. The molecule has 0 atom stereocenters. The average molecular weight is 427 g/mol. The van der Waals surface area contributed by atoms with Crippen molar-refractivity contribution in [2.45, 2.75) is 6.54 Å². The number of carboxylic acids is 1. The molecule has 0 spiro atoms. The van der Waals surface area contributed by atoms with E-state index in [0.29, 0.717) is 17.6 Å². The lowest BCUT2D eigenvalue weighted by molar-refractivity contribution is -0.145. The minimum absolute atomic E-state index is 0.125. The largest absolute Gasteiger partial charge is 0.480 e. The van der Waals surface area contributed by atoms with Gasteiger partial charge in [0.1, 0.15) is 23.9 Å². The van der Waals surface area contributed by atoms with E-state index >= 15 is 0 Å². The first-order valence-electron chi connectivity index (χ1n) is 9.30. The Morgan fingerprint density at radius 3 is 2.13 bits per heavy atom. The molecule has 0 bridgehead atoms. The maximum Gasteiger partial charge on any atom is 0.323 e. The van der Waals surface area contributed by atoms with Gasteiger partial charge in [-0.1, -0.05) is 30.3 Å². The monoisotopic (exact) mass is 427 g/mol. The summed E-state index contributed by atoms with van der Waals surface area (Å²) in [4.78, 5) is 24.7. The molecular weight excluding hydrogens is 408 g/mol. The molecule has 1 N–H and O–H groups in total. The van der Waals surface area contributed by atoms with Gasteiger partial charge in [0.25, 0.3) is 5.91 Å². The normalized spacial score (nSPS) is 10.4. The maximum absolute atomic E-state index is 13.4. The van der Waals surface area contributed by atoms with E-state index in [1.165, 1.54) is 0 Å². The number of hydrogen-bond donors (Lipinski definition) is 1. The van der Waals surface area contributed by atoms with Crippen LogP contribution in [0.5, 0.6) is 17.2 Å². The fourth-order valence-corrected chi connectivity index (χ4v) is 2.82. The van der Waals surface area contributed by atoms with Crippen LogP contribution in [0.4, 0.5) is 8.78 Å². The summed E-state index contributed by atoms with van der Waals surface area (Å²) in [7, 11) is 0. The van der Waals surface area contributed by atoms with Crippen LogP contribution in [-0.4, -0.2) is 35.0 Å². The zero-order chi connectivity index (χ0) is 22.2. The number of aliphatic carboxylic acids is 1. The van der Waals surface area contributed by atoms with Gasteiger partial charge in [-0.3, -0.25) is 9.59 Å². The van der Waals surface area contributed by atoms with Gasteiger partial charge >= 0.3 is 5.97 Å². The van der Waals surface area contributed by atoms with Crippen LogP contribution in [-0.2, 0) is 16.1 Å². The number of nitrogens with zero attached hydrogens (tertiary/aromatic N) is 1. The topological polar surface area (TPSA) is 76.1 Å². The number of rotatable bonds is 9. The fraction of sp³-hybridized carbons (Fsp3) is 0.130. The van der Waals surface area contributed by atoms with Crippen molar-refractivity contribution < 1.29 is 33.0 Å². The molecule has 0 aliphatic rings. The van der Waals surface area contributed by atoms with Crippen LogP contribution in [0.25, 0.3) is 0 Å². The summed E-state index contributed by atoms with van der Waals surface area (Å²) in [5.41, 5.74) is 0.125. The molecule has 3 aromatic rings. The van der Waals surface area contributed by atoms with E-state index in [-0.39, 0.29) is 17.9 Å². The van der Waals surface area contributed by atoms with Crippen molar-refractivity contribution >= 4 is 11.9 Å². The maximum atomic E-state index is 13.4. The average Bonchev–Trinajstić information content (AvgIpc) is 2.72. The lowest BCUT2D eigenvalue weighted by atomic mass is 10.2. The second-order valence-corrected chi connectivity index (χ2v) is 6.57. The van der Waals surface area contributed by atoms with E-state index in [4.69, 9.17) is 14.6 Å². The number of carbonyl (C=O) groups is 2. The Balaban J connectivity index is 1.70. The SMILES string of the molecule is O=C(O)CN(Cc1cc(F)cc(F)c1)C(=O)COc1ccccc1Oc1ccccc1. The van der Waals surface area contributed by atoms with Crippen molar-refractivity contribution in [2.24, 2.45) is 0 Å². The van der Waals surface area contributed by atoms with Crippen molar-refractivity contribution in [3.05, 3.63) is 90.0 Å². The first-order chi connectivity index (χ1) is 14.9. The molecule has 0 heterocycles. The highest BCUT2D eigenvalue weighted by Gasteiger charge is 2.19. The summed E-state index contributed by atoms with van der Waals surface area (Å²) in [6.07, 6.45) is 0. The van der Waals surface area contributed by atoms with E-state index in [2.05, 4.69) is 0 Å². The number of para-hydroxylation sites is 3. The summed E-state index contributed by atoms with van der Waals surface area (Å²) in [5.74, 6) is -2.34. The van der Waals surface area contributed by atoms with Gasteiger partial charge in [0.15, 0.2) is 18.1 Å². The Labute approximate surface area is 177 Å². The molecule has 0 radical (unpaired) electrons. The molecule has 1 amide bonds. The molecule has 3 rings (SSSR count). The van der Waals surface area contributed by atoms with E-state index in [1.807, 2.05) is 6.07 Å². The number of hydrogen-bond acceptors (Lipinski definition) is 4. The zero-order valence-corrected chi connectivity index (χ0v) is 16.3. The Morgan fingerprint density at radius 1 is 0.871 bits per heavy atom. The van der Waals surface area contributed by atoms with Crippen LogP contribution in [0.3, 0.4) is 0 Å². The molecule has 0 aliphatic carbocycles. The Kier molecular flexibility index (Phi) is 7.16. The third kappa shape index (κ3) is 6.53. The quantitative estimate of drug-likeness (QED) is 0.553. The van der Waals surface area contributed by atoms with Crippen LogP contribution in [0.1, 0.15) is 5.56 Å². The molecule has 0 fully saturated rings. The minimum Gasteiger partial charge on any atom is -0.480 e. The van der Waals surface area contributed by atoms with Gasteiger partial charge in [-0.15, -0.1) is 0 Å². The number of benzene rings is 3. The second kappa shape index (κ2) is 10.2. The van der Waals surface area contributed by atoms with Crippen LogP contribution in [0, 0.1) is 11.6 Å². The Morgan fingerprint density at radius 2 is 1.48 bits per heavy atom. The van der Waals surface area contributed by atoms with Gasteiger partial charge in [-0.05, 0) is 42.0 Å². The zero-order valence-electron chi connectivity index (χ0n) is 16.3. The lowest BCUT2D eigenvalue weighted by Gasteiger charge is -2.21. The van der Waals surface area contributed by atoms with Crippen molar-refractivity contribution in [1.29, 1.82) is 0 Å². The predicted octanol–water partition coefficient (Wildman–Crippen LogP) is 4.25. The van der Waals surface area contributed by atoms with E-state index < -0.39 is 36.7 Å². The third-order valence-corrected chi connectivity index (χ3v) is 4.15. The van der Waals surface area contributed by atoms with Gasteiger partial charge < -0.3 is 19.5 Å². The Bertz CT molecular complexity index is 1040. The standard InChI is InChI=1S/C23H19F2NO5/c24-17-10-16(11-18(25)12-17)13-26(14-23(28)29)22(27)15-30-20-8-4-5-9-21(20)31-19-6-2-1-3-7-19/h1-12H,13-15H2,(H,28,29). The number of amides is 1. The molecule has 0 saturated carbocycles. The highest BCUT2D eigenvalue weighted by Crippen LogP contribution is 2.31. The number of ether oxygens (including phenoxy) is 2. The highest BCUT2D eigenvalue weighted by molar-refractivity contribution is 5.82. The molecular formula is C23H19F2NO5. The minimum atomic E-state index is -1.27. The van der Waals surface area contributed by atoms with Gasteiger partial charge in [-0.2, -0.15) is 0 Å². The van der Waals surface area contributed by atoms with Gasteiger partial charge in [0.2, 0.25) is 0 Å². The van der Waals surface area contributed by atoms with Crippen LogP contribution >= 0.6 is 0 Å². The number of carbonyl (C=O) groups excluding carboxylic acids is 1. The molecule has 0 aliphatic heterocycles. The Hall–Kier alpha value is -3.94. The van der Waals surface area contributed by atoms with Crippen LogP contribution < -0.4 is 9.47 Å². The lowest BCUT2D eigenvalue weighted by Crippen LogP contribution is -2.38. The summed E-state index contributed by atoms with van der Waals surface area (Å²) in [6, 6.07) is 18.4. The second-order valence-electron chi connectivity index (χ2n) is 6.57. The van der Waals surface area contributed by atoms with Gasteiger partial charge in [-0.25, -0.2) is 8.78 Å². The molecule has 0 aromatic heterocycles. The van der Waals surface area contributed by atoms with Gasteiger partial charge in [0, 0.05) is 12.6 Å². The van der Waals surface area contributed by atoms with Crippen molar-refractivity contribution in [1.82, 2.24) is 4.90 Å². The smallest absolute Gasteiger partial charge is 0.323 e. The van der Waals surface area contributed by atoms with Crippen molar-refractivity contribution in [3.8, 4) is 17.2 Å². The summed E-state index contributed by atoms with van der Waals surface area (Å²) in [6.45, 7) is -1.42.